The third-order valence-electron chi connectivity index (χ3n) is 5.08. The molecule has 0 saturated carbocycles. The van der Waals surface area contributed by atoms with Crippen LogP contribution in [0.15, 0.2) is 95.0 Å². The standard InChI is InChI=1S/C24H19N3O4/c1-16(22(28)25-31)18-13-11-17(12-14-18)15-26-21-10-6-5-9-20(21)23(29)27(24(26)30)19-7-3-2-4-8-19/h2-14,31H,1,15H2,(H,25,28). The molecule has 0 fully saturated rings. The van der Waals surface area contributed by atoms with E-state index in [-0.39, 0.29) is 17.7 Å². The Bertz CT molecular complexity index is 1400. The van der Waals surface area contributed by atoms with Crippen LogP contribution in [0.4, 0.5) is 0 Å². The Morgan fingerprint density at radius 1 is 0.903 bits per heavy atom. The van der Waals surface area contributed by atoms with Crippen molar-refractivity contribution in [1.29, 1.82) is 0 Å². The lowest BCUT2D eigenvalue weighted by Gasteiger charge is -2.14. The second kappa shape index (κ2) is 8.25. The van der Waals surface area contributed by atoms with Gasteiger partial charge in [-0.15, -0.1) is 0 Å². The average Bonchev–Trinajstić information content (AvgIpc) is 2.82. The first-order chi connectivity index (χ1) is 15.0. The molecule has 3 aromatic carbocycles. The number of carbonyl (C=O) groups is 1. The van der Waals surface area contributed by atoms with Gasteiger partial charge in [-0.2, -0.15) is 0 Å². The average molecular weight is 413 g/mol. The number of hydroxylamine groups is 1. The molecule has 4 rings (SSSR count). The van der Waals surface area contributed by atoms with Crippen molar-refractivity contribution in [3.8, 4) is 5.69 Å². The molecule has 0 saturated heterocycles. The van der Waals surface area contributed by atoms with Crippen LogP contribution in [-0.2, 0) is 11.3 Å². The molecular weight excluding hydrogens is 394 g/mol. The van der Waals surface area contributed by atoms with Crippen LogP contribution in [0.1, 0.15) is 11.1 Å². The summed E-state index contributed by atoms with van der Waals surface area (Å²) in [6.07, 6.45) is 0. The van der Waals surface area contributed by atoms with Gasteiger partial charge in [-0.3, -0.25) is 19.4 Å². The van der Waals surface area contributed by atoms with Crippen LogP contribution in [0.5, 0.6) is 0 Å². The van der Waals surface area contributed by atoms with Gasteiger partial charge in [0.05, 0.1) is 23.1 Å². The lowest BCUT2D eigenvalue weighted by Crippen LogP contribution is -2.39. The molecule has 1 aromatic heterocycles. The van der Waals surface area contributed by atoms with Crippen molar-refractivity contribution in [3.05, 3.63) is 117 Å². The predicted octanol–water partition coefficient (Wildman–Crippen LogP) is 2.72. The minimum absolute atomic E-state index is 0.120. The van der Waals surface area contributed by atoms with Gasteiger partial charge in [-0.1, -0.05) is 61.2 Å². The summed E-state index contributed by atoms with van der Waals surface area (Å²) >= 11 is 0. The number of nitrogens with zero attached hydrogens (tertiary/aromatic N) is 2. The summed E-state index contributed by atoms with van der Waals surface area (Å²) in [5.74, 6) is -0.690. The first-order valence-corrected chi connectivity index (χ1v) is 9.54. The fourth-order valence-electron chi connectivity index (χ4n) is 3.47. The maximum absolute atomic E-state index is 13.3. The number of carbonyl (C=O) groups excluding carboxylic acids is 1. The summed E-state index contributed by atoms with van der Waals surface area (Å²) in [4.78, 5) is 37.9. The normalized spacial score (nSPS) is 10.7. The molecule has 31 heavy (non-hydrogen) atoms. The molecule has 0 unspecified atom stereocenters. The number of nitrogens with one attached hydrogen (secondary N) is 1. The van der Waals surface area contributed by atoms with Gasteiger partial charge >= 0.3 is 5.69 Å². The minimum atomic E-state index is -0.690. The molecule has 7 heteroatoms. The maximum Gasteiger partial charge on any atom is 0.336 e. The van der Waals surface area contributed by atoms with Crippen LogP contribution >= 0.6 is 0 Å². The van der Waals surface area contributed by atoms with Crippen molar-refractivity contribution in [2.75, 3.05) is 0 Å². The van der Waals surface area contributed by atoms with Crippen LogP contribution in [0, 0.1) is 0 Å². The molecule has 1 amide bonds. The Labute approximate surface area is 177 Å². The summed E-state index contributed by atoms with van der Waals surface area (Å²) in [5.41, 5.74) is 3.24. The van der Waals surface area contributed by atoms with Crippen molar-refractivity contribution in [3.63, 3.8) is 0 Å². The topological polar surface area (TPSA) is 93.3 Å². The Balaban J connectivity index is 1.83. The van der Waals surface area contributed by atoms with Gasteiger partial charge in [-0.25, -0.2) is 14.8 Å². The molecule has 0 aliphatic heterocycles. The predicted molar refractivity (Wildman–Crippen MR) is 118 cm³/mol. The zero-order valence-electron chi connectivity index (χ0n) is 16.5. The SMILES string of the molecule is C=C(C(=O)NO)c1ccc(Cn2c(=O)n(-c3ccccc3)c(=O)c3ccccc32)cc1. The van der Waals surface area contributed by atoms with E-state index >= 15 is 0 Å². The van der Waals surface area contributed by atoms with E-state index in [2.05, 4.69) is 6.58 Å². The van der Waals surface area contributed by atoms with E-state index in [1.54, 1.807) is 82.8 Å². The van der Waals surface area contributed by atoms with Gasteiger partial charge in [-0.05, 0) is 35.4 Å². The minimum Gasteiger partial charge on any atom is -0.288 e. The van der Waals surface area contributed by atoms with Gasteiger partial charge in [0.2, 0.25) is 0 Å². The van der Waals surface area contributed by atoms with Crippen molar-refractivity contribution in [2.24, 2.45) is 0 Å². The molecule has 0 atom stereocenters. The Morgan fingerprint density at radius 2 is 1.55 bits per heavy atom. The summed E-state index contributed by atoms with van der Waals surface area (Å²) in [6.45, 7) is 3.88. The molecule has 2 N–H and O–H groups in total. The number of hydrogen-bond acceptors (Lipinski definition) is 4. The summed E-state index contributed by atoms with van der Waals surface area (Å²) in [5, 5.41) is 9.20. The molecule has 7 nitrogen and oxygen atoms in total. The van der Waals surface area contributed by atoms with E-state index in [4.69, 9.17) is 5.21 Å². The second-order valence-corrected chi connectivity index (χ2v) is 6.98. The highest BCUT2D eigenvalue weighted by Crippen LogP contribution is 2.16. The van der Waals surface area contributed by atoms with Gasteiger partial charge in [0, 0.05) is 5.57 Å². The lowest BCUT2D eigenvalue weighted by atomic mass is 10.0. The van der Waals surface area contributed by atoms with Gasteiger partial charge in [0.1, 0.15) is 0 Å². The zero-order chi connectivity index (χ0) is 22.0. The van der Waals surface area contributed by atoms with E-state index in [0.29, 0.717) is 22.2 Å². The first kappa shape index (κ1) is 20.1. The van der Waals surface area contributed by atoms with Gasteiger partial charge < -0.3 is 0 Å². The van der Waals surface area contributed by atoms with Gasteiger partial charge in [0.25, 0.3) is 11.5 Å². The van der Waals surface area contributed by atoms with E-state index in [1.807, 2.05) is 6.07 Å². The first-order valence-electron chi connectivity index (χ1n) is 9.54. The van der Waals surface area contributed by atoms with E-state index in [9.17, 15) is 14.4 Å². The Hall–Kier alpha value is -4.23. The van der Waals surface area contributed by atoms with Crippen LogP contribution in [0.2, 0.25) is 0 Å². The number of aromatic nitrogens is 2. The largest absolute Gasteiger partial charge is 0.336 e. The third kappa shape index (κ3) is 3.70. The molecule has 0 radical (unpaired) electrons. The molecule has 0 aliphatic carbocycles. The smallest absolute Gasteiger partial charge is 0.288 e. The monoisotopic (exact) mass is 413 g/mol. The van der Waals surface area contributed by atoms with E-state index < -0.39 is 11.6 Å². The number of benzene rings is 3. The van der Waals surface area contributed by atoms with Crippen LogP contribution in [0.3, 0.4) is 0 Å². The Kier molecular flexibility index (Phi) is 5.34. The molecule has 0 bridgehead atoms. The molecule has 0 aliphatic rings. The summed E-state index contributed by atoms with van der Waals surface area (Å²) in [7, 11) is 0. The zero-order valence-corrected chi connectivity index (χ0v) is 16.5. The fraction of sp³-hybridized carbons (Fsp3) is 0.0417. The molecule has 1 heterocycles. The Morgan fingerprint density at radius 3 is 2.23 bits per heavy atom. The van der Waals surface area contributed by atoms with Crippen molar-refractivity contribution in [2.45, 2.75) is 6.54 Å². The van der Waals surface area contributed by atoms with Crippen molar-refractivity contribution >= 4 is 22.4 Å². The molecule has 0 spiro atoms. The summed E-state index contributed by atoms with van der Waals surface area (Å²) < 4.78 is 2.72. The fourth-order valence-corrected chi connectivity index (χ4v) is 3.47. The molecule has 154 valence electrons. The van der Waals surface area contributed by atoms with Crippen molar-refractivity contribution < 1.29 is 10.0 Å². The number of para-hydroxylation sites is 2. The second-order valence-electron chi connectivity index (χ2n) is 6.98. The van der Waals surface area contributed by atoms with Crippen LogP contribution in [0.25, 0.3) is 22.2 Å². The van der Waals surface area contributed by atoms with E-state index in [1.165, 1.54) is 4.57 Å². The molecule has 4 aromatic rings. The number of hydrogen-bond donors (Lipinski definition) is 2. The highest BCUT2D eigenvalue weighted by Gasteiger charge is 2.15. The lowest BCUT2D eigenvalue weighted by molar-refractivity contribution is -0.123. The quantitative estimate of drug-likeness (QED) is 0.299. The summed E-state index contributed by atoms with van der Waals surface area (Å²) in [6, 6.07) is 22.7. The number of fused-ring (bicyclic) bond motifs is 1. The highest BCUT2D eigenvalue weighted by atomic mass is 16.5. The number of amides is 1. The van der Waals surface area contributed by atoms with Crippen LogP contribution in [-0.4, -0.2) is 20.2 Å². The highest BCUT2D eigenvalue weighted by molar-refractivity contribution is 6.18. The van der Waals surface area contributed by atoms with Gasteiger partial charge in [0.15, 0.2) is 0 Å². The maximum atomic E-state index is 13.3. The number of rotatable bonds is 5. The third-order valence-corrected chi connectivity index (χ3v) is 5.08. The van der Waals surface area contributed by atoms with Crippen LogP contribution < -0.4 is 16.7 Å². The van der Waals surface area contributed by atoms with E-state index in [0.717, 1.165) is 5.56 Å². The van der Waals surface area contributed by atoms with Crippen molar-refractivity contribution in [1.82, 2.24) is 14.6 Å². The molecular formula is C24H19N3O4.